The molecule has 0 unspecified atom stereocenters. The number of rotatable bonds is 5. The van der Waals surface area contributed by atoms with E-state index in [0.717, 1.165) is 5.69 Å². The zero-order chi connectivity index (χ0) is 17.6. The molecule has 4 rings (SSSR count). The van der Waals surface area contributed by atoms with Crippen molar-refractivity contribution in [3.8, 4) is 0 Å². The van der Waals surface area contributed by atoms with E-state index < -0.39 is 23.5 Å². The van der Waals surface area contributed by atoms with E-state index in [4.69, 9.17) is 9.47 Å². The van der Waals surface area contributed by atoms with E-state index in [2.05, 4.69) is 6.58 Å². The summed E-state index contributed by atoms with van der Waals surface area (Å²) < 4.78 is 11.5. The van der Waals surface area contributed by atoms with Crippen LogP contribution in [0.25, 0.3) is 0 Å². The van der Waals surface area contributed by atoms with Crippen molar-refractivity contribution in [2.45, 2.75) is 31.1 Å². The largest absolute Gasteiger partial charge is 0.466 e. The van der Waals surface area contributed by atoms with Gasteiger partial charge in [0.1, 0.15) is 11.5 Å². The van der Waals surface area contributed by atoms with Gasteiger partial charge in [-0.3, -0.25) is 9.59 Å². The Balaban J connectivity index is 1.79. The minimum absolute atomic E-state index is 0.0806. The van der Waals surface area contributed by atoms with Crippen LogP contribution >= 0.6 is 0 Å². The highest BCUT2D eigenvalue weighted by Crippen LogP contribution is 2.56. The zero-order valence-electron chi connectivity index (χ0n) is 14.1. The van der Waals surface area contributed by atoms with Crippen molar-refractivity contribution >= 4 is 17.6 Å². The van der Waals surface area contributed by atoms with E-state index in [-0.39, 0.29) is 24.5 Å². The predicted octanol–water partition coefficient (Wildman–Crippen LogP) is 2.48. The lowest BCUT2D eigenvalue weighted by atomic mass is 9.74. The molecule has 3 heterocycles. The highest BCUT2D eigenvalue weighted by atomic mass is 16.6. The van der Waals surface area contributed by atoms with Gasteiger partial charge in [-0.25, -0.2) is 0 Å². The van der Waals surface area contributed by atoms with Crippen molar-refractivity contribution in [3.63, 3.8) is 0 Å². The van der Waals surface area contributed by atoms with E-state index in [0.29, 0.717) is 6.42 Å². The van der Waals surface area contributed by atoms with Crippen LogP contribution in [-0.4, -0.2) is 36.2 Å². The molecular formula is C20H21NO4. The average molecular weight is 339 g/mol. The minimum atomic E-state index is -0.788. The van der Waals surface area contributed by atoms with Gasteiger partial charge in [-0.15, -0.1) is 6.58 Å². The van der Waals surface area contributed by atoms with E-state index >= 15 is 0 Å². The number of fused-ring (bicyclic) bond motifs is 1. The van der Waals surface area contributed by atoms with Gasteiger partial charge in [0.15, 0.2) is 0 Å². The molecule has 25 heavy (non-hydrogen) atoms. The topological polar surface area (TPSA) is 55.8 Å². The molecule has 5 nitrogen and oxygen atoms in total. The molecule has 3 aliphatic rings. The molecule has 0 saturated carbocycles. The number of anilines is 1. The molecule has 1 amide bonds. The number of carbonyl (C=O) groups excluding carboxylic acids is 2. The van der Waals surface area contributed by atoms with Crippen molar-refractivity contribution < 1.29 is 19.1 Å². The molecule has 5 heteroatoms. The van der Waals surface area contributed by atoms with Crippen molar-refractivity contribution in [2.24, 2.45) is 11.8 Å². The standard InChI is InChI=1S/C20H21NO4/c1-3-8-15-20-12-11-14(25-20)16(19(23)24-4-2)17(20)18(22)21(15)13-9-6-5-7-10-13/h3,5-7,9-12,14-17H,1,4,8H2,2H3/t14-,15+,16-,17-,20-/m1/s1. The van der Waals surface area contributed by atoms with Gasteiger partial charge < -0.3 is 14.4 Å². The molecule has 2 fully saturated rings. The number of amides is 1. The molecule has 2 saturated heterocycles. The summed E-state index contributed by atoms with van der Waals surface area (Å²) in [6, 6.07) is 9.30. The van der Waals surface area contributed by atoms with Crippen LogP contribution in [0.15, 0.2) is 55.1 Å². The maximum absolute atomic E-state index is 13.3. The molecule has 2 bridgehead atoms. The number of hydrogen-bond acceptors (Lipinski definition) is 4. The Morgan fingerprint density at radius 2 is 2.16 bits per heavy atom. The van der Waals surface area contributed by atoms with Gasteiger partial charge in [0.05, 0.1) is 24.7 Å². The maximum atomic E-state index is 13.3. The van der Waals surface area contributed by atoms with E-state index in [9.17, 15) is 9.59 Å². The molecule has 0 radical (unpaired) electrons. The van der Waals surface area contributed by atoms with Gasteiger partial charge in [-0.2, -0.15) is 0 Å². The monoisotopic (exact) mass is 339 g/mol. The lowest BCUT2D eigenvalue weighted by Gasteiger charge is -2.32. The van der Waals surface area contributed by atoms with Crippen LogP contribution in [0.5, 0.6) is 0 Å². The van der Waals surface area contributed by atoms with Crippen molar-refractivity contribution in [1.29, 1.82) is 0 Å². The first-order valence-electron chi connectivity index (χ1n) is 8.67. The summed E-state index contributed by atoms with van der Waals surface area (Å²) in [4.78, 5) is 27.6. The van der Waals surface area contributed by atoms with Crippen LogP contribution in [0.2, 0.25) is 0 Å². The predicted molar refractivity (Wildman–Crippen MR) is 92.9 cm³/mol. The summed E-state index contributed by atoms with van der Waals surface area (Å²) in [5.41, 5.74) is 0.0228. The normalized spacial score (nSPS) is 35.1. The fraction of sp³-hybridized carbons (Fsp3) is 0.400. The molecular weight excluding hydrogens is 318 g/mol. The van der Waals surface area contributed by atoms with Gasteiger partial charge in [-0.05, 0) is 25.5 Å². The molecule has 0 aromatic heterocycles. The highest BCUT2D eigenvalue weighted by molar-refractivity contribution is 6.03. The Kier molecular flexibility index (Phi) is 3.76. The third-order valence-corrected chi connectivity index (χ3v) is 5.40. The first-order valence-corrected chi connectivity index (χ1v) is 8.67. The first-order chi connectivity index (χ1) is 12.1. The van der Waals surface area contributed by atoms with Crippen LogP contribution in [0.3, 0.4) is 0 Å². The number of benzene rings is 1. The average Bonchev–Trinajstić information content (AvgIpc) is 3.25. The third kappa shape index (κ3) is 2.12. The van der Waals surface area contributed by atoms with Crippen LogP contribution in [0.1, 0.15) is 13.3 Å². The quantitative estimate of drug-likeness (QED) is 0.611. The Morgan fingerprint density at radius 1 is 1.40 bits per heavy atom. The van der Waals surface area contributed by atoms with Gasteiger partial charge >= 0.3 is 5.97 Å². The number of para-hydroxylation sites is 1. The van der Waals surface area contributed by atoms with Crippen LogP contribution in [0, 0.1) is 11.8 Å². The van der Waals surface area contributed by atoms with E-state index in [1.54, 1.807) is 17.9 Å². The third-order valence-electron chi connectivity index (χ3n) is 5.40. The Bertz CT molecular complexity index is 743. The number of esters is 1. The van der Waals surface area contributed by atoms with Gasteiger partial charge in [0, 0.05) is 5.69 Å². The minimum Gasteiger partial charge on any atom is -0.466 e. The summed E-state index contributed by atoms with van der Waals surface area (Å²) in [7, 11) is 0. The lowest BCUT2D eigenvalue weighted by Crippen LogP contribution is -2.45. The molecule has 0 aliphatic carbocycles. The highest BCUT2D eigenvalue weighted by Gasteiger charge is 2.71. The fourth-order valence-corrected chi connectivity index (χ4v) is 4.50. The summed E-state index contributed by atoms with van der Waals surface area (Å²) in [5.74, 6) is -1.57. The van der Waals surface area contributed by atoms with E-state index in [1.165, 1.54) is 0 Å². The van der Waals surface area contributed by atoms with Crippen LogP contribution in [-0.2, 0) is 19.1 Å². The molecule has 3 aliphatic heterocycles. The van der Waals surface area contributed by atoms with E-state index in [1.807, 2.05) is 42.5 Å². The first kappa shape index (κ1) is 16.1. The molecule has 5 atom stereocenters. The Labute approximate surface area is 146 Å². The smallest absolute Gasteiger partial charge is 0.312 e. The summed E-state index contributed by atoms with van der Waals surface area (Å²) in [6.45, 7) is 5.90. The van der Waals surface area contributed by atoms with Gasteiger partial charge in [0.25, 0.3) is 0 Å². The van der Waals surface area contributed by atoms with Gasteiger partial charge in [-0.1, -0.05) is 36.4 Å². The molecule has 1 spiro atoms. The zero-order valence-corrected chi connectivity index (χ0v) is 14.1. The number of carbonyl (C=O) groups is 2. The SMILES string of the molecule is C=CC[C@@H]1N(c2ccccc2)C(=O)[C@H]2[C@H](C(=O)OCC)[C@H]3C=C[C@@]12O3. The van der Waals surface area contributed by atoms with Crippen LogP contribution in [0.4, 0.5) is 5.69 Å². The second kappa shape index (κ2) is 5.85. The summed E-state index contributed by atoms with van der Waals surface area (Å²) in [5, 5.41) is 0. The fourth-order valence-electron chi connectivity index (χ4n) is 4.50. The number of ether oxygens (including phenoxy) is 2. The second-order valence-corrected chi connectivity index (χ2v) is 6.63. The summed E-state index contributed by atoms with van der Waals surface area (Å²) >= 11 is 0. The number of nitrogens with zero attached hydrogens (tertiary/aromatic N) is 1. The van der Waals surface area contributed by atoms with Crippen molar-refractivity contribution in [3.05, 3.63) is 55.1 Å². The Hall–Kier alpha value is -2.40. The summed E-state index contributed by atoms with van der Waals surface area (Å²) in [6.07, 6.45) is 5.86. The van der Waals surface area contributed by atoms with Crippen LogP contribution < -0.4 is 4.90 Å². The molecule has 1 aromatic rings. The molecule has 1 aromatic carbocycles. The lowest BCUT2D eigenvalue weighted by molar-refractivity contribution is -0.151. The molecule has 130 valence electrons. The van der Waals surface area contributed by atoms with Crippen molar-refractivity contribution in [1.82, 2.24) is 0 Å². The maximum Gasteiger partial charge on any atom is 0.312 e. The Morgan fingerprint density at radius 3 is 2.84 bits per heavy atom. The van der Waals surface area contributed by atoms with Gasteiger partial charge in [0.2, 0.25) is 5.91 Å². The van der Waals surface area contributed by atoms with Crippen molar-refractivity contribution in [2.75, 3.05) is 11.5 Å². The second-order valence-electron chi connectivity index (χ2n) is 6.63. The molecule has 0 N–H and O–H groups in total. The number of hydrogen-bond donors (Lipinski definition) is 0.